The normalized spacial score (nSPS) is 11.7. The standard InChI is InChI=1S/C10H14ClNO2S/c1-8-7-9(3-4-10(8)11)15(13,14)6-5-12-2/h3-4,7,12H,5-6H2,1-2H3. The van der Waals surface area contributed by atoms with E-state index in [1.54, 1.807) is 32.2 Å². The fraction of sp³-hybridized carbons (Fsp3) is 0.400. The Kier molecular flexibility index (Phi) is 4.13. The number of sulfone groups is 1. The summed E-state index contributed by atoms with van der Waals surface area (Å²) in [6, 6.07) is 4.76. The van der Waals surface area contributed by atoms with Crippen molar-refractivity contribution < 1.29 is 8.42 Å². The highest BCUT2D eigenvalue weighted by Gasteiger charge is 2.14. The van der Waals surface area contributed by atoms with Gasteiger partial charge in [0.05, 0.1) is 10.6 Å². The summed E-state index contributed by atoms with van der Waals surface area (Å²) in [6.45, 7) is 2.24. The summed E-state index contributed by atoms with van der Waals surface area (Å²) in [5.41, 5.74) is 0.780. The van der Waals surface area contributed by atoms with Gasteiger partial charge in [0.15, 0.2) is 9.84 Å². The number of aryl methyl sites for hydroxylation is 1. The molecule has 0 aliphatic heterocycles. The van der Waals surface area contributed by atoms with Gasteiger partial charge in [-0.1, -0.05) is 11.6 Å². The van der Waals surface area contributed by atoms with Crippen molar-refractivity contribution in [3.8, 4) is 0 Å². The first-order valence-corrected chi connectivity index (χ1v) is 6.64. The molecule has 0 aliphatic rings. The SMILES string of the molecule is CNCCS(=O)(=O)c1ccc(Cl)c(C)c1. The molecular formula is C10H14ClNO2S. The number of hydrogen-bond donors (Lipinski definition) is 1. The van der Waals surface area contributed by atoms with Crippen LogP contribution in [0.3, 0.4) is 0 Å². The number of halogens is 1. The summed E-state index contributed by atoms with van der Waals surface area (Å²) in [5, 5.41) is 3.40. The van der Waals surface area contributed by atoms with Crippen LogP contribution in [0.4, 0.5) is 0 Å². The molecule has 0 bridgehead atoms. The van der Waals surface area contributed by atoms with Crippen LogP contribution >= 0.6 is 11.6 Å². The molecule has 1 aromatic rings. The minimum atomic E-state index is -3.18. The highest BCUT2D eigenvalue weighted by molar-refractivity contribution is 7.91. The van der Waals surface area contributed by atoms with Crippen LogP contribution in [0.2, 0.25) is 5.02 Å². The minimum absolute atomic E-state index is 0.102. The van der Waals surface area contributed by atoms with E-state index in [1.807, 2.05) is 0 Å². The highest BCUT2D eigenvalue weighted by Crippen LogP contribution is 2.20. The van der Waals surface area contributed by atoms with Crippen molar-refractivity contribution in [2.75, 3.05) is 19.3 Å². The Morgan fingerprint density at radius 2 is 2.07 bits per heavy atom. The zero-order chi connectivity index (χ0) is 11.5. The van der Waals surface area contributed by atoms with Crippen molar-refractivity contribution in [1.82, 2.24) is 5.32 Å². The molecule has 0 spiro atoms. The van der Waals surface area contributed by atoms with Gasteiger partial charge >= 0.3 is 0 Å². The van der Waals surface area contributed by atoms with E-state index in [0.717, 1.165) is 5.56 Å². The lowest BCUT2D eigenvalue weighted by Crippen LogP contribution is -2.19. The molecule has 3 nitrogen and oxygen atoms in total. The quantitative estimate of drug-likeness (QED) is 0.880. The molecule has 0 aromatic heterocycles. The van der Waals surface area contributed by atoms with Gasteiger partial charge in [-0.15, -0.1) is 0 Å². The lowest BCUT2D eigenvalue weighted by Gasteiger charge is -2.05. The molecular weight excluding hydrogens is 234 g/mol. The predicted octanol–water partition coefficient (Wildman–Crippen LogP) is 1.64. The maximum atomic E-state index is 11.8. The van der Waals surface area contributed by atoms with Gasteiger partial charge in [0.1, 0.15) is 0 Å². The molecule has 0 atom stereocenters. The average molecular weight is 248 g/mol. The molecule has 0 radical (unpaired) electrons. The maximum absolute atomic E-state index is 11.8. The molecule has 1 aromatic carbocycles. The molecule has 0 unspecified atom stereocenters. The van der Waals surface area contributed by atoms with Crippen LogP contribution in [-0.2, 0) is 9.84 Å². The van der Waals surface area contributed by atoms with Crippen molar-refractivity contribution in [2.45, 2.75) is 11.8 Å². The van der Waals surface area contributed by atoms with E-state index in [2.05, 4.69) is 5.32 Å². The molecule has 0 heterocycles. The van der Waals surface area contributed by atoms with Crippen LogP contribution in [0.5, 0.6) is 0 Å². The van der Waals surface area contributed by atoms with Gasteiger partial charge in [-0.05, 0) is 37.7 Å². The smallest absolute Gasteiger partial charge is 0.179 e. The van der Waals surface area contributed by atoms with E-state index in [1.165, 1.54) is 0 Å². The zero-order valence-corrected chi connectivity index (χ0v) is 10.3. The molecule has 84 valence electrons. The Balaban J connectivity index is 3.00. The first-order valence-electron chi connectivity index (χ1n) is 4.61. The average Bonchev–Trinajstić information content (AvgIpc) is 2.19. The second-order valence-corrected chi connectivity index (χ2v) is 5.85. The minimum Gasteiger partial charge on any atom is -0.319 e. The van der Waals surface area contributed by atoms with Crippen molar-refractivity contribution in [2.24, 2.45) is 0 Å². The Morgan fingerprint density at radius 1 is 1.40 bits per heavy atom. The third-order valence-electron chi connectivity index (χ3n) is 2.11. The van der Waals surface area contributed by atoms with Gasteiger partial charge in [-0.3, -0.25) is 0 Å². The first-order chi connectivity index (χ1) is 6.97. The lowest BCUT2D eigenvalue weighted by atomic mass is 10.2. The molecule has 15 heavy (non-hydrogen) atoms. The third kappa shape index (κ3) is 3.19. The number of rotatable bonds is 4. The molecule has 0 fully saturated rings. The van der Waals surface area contributed by atoms with Gasteiger partial charge in [-0.2, -0.15) is 0 Å². The van der Waals surface area contributed by atoms with Gasteiger partial charge in [0.25, 0.3) is 0 Å². The summed E-state index contributed by atoms with van der Waals surface area (Å²) >= 11 is 5.83. The molecule has 1 rings (SSSR count). The van der Waals surface area contributed by atoms with E-state index >= 15 is 0 Å². The second kappa shape index (κ2) is 4.96. The molecule has 0 amide bonds. The Morgan fingerprint density at radius 3 is 2.60 bits per heavy atom. The summed E-state index contributed by atoms with van der Waals surface area (Å²) in [5.74, 6) is 0.102. The van der Waals surface area contributed by atoms with Crippen LogP contribution in [0, 0.1) is 6.92 Å². The van der Waals surface area contributed by atoms with Gasteiger partial charge in [0.2, 0.25) is 0 Å². The Bertz CT molecular complexity index is 443. The van der Waals surface area contributed by atoms with E-state index in [0.29, 0.717) is 16.5 Å². The van der Waals surface area contributed by atoms with Crippen LogP contribution in [0.15, 0.2) is 23.1 Å². The van der Waals surface area contributed by atoms with E-state index in [4.69, 9.17) is 11.6 Å². The summed E-state index contributed by atoms with van der Waals surface area (Å²) in [7, 11) is -1.46. The molecule has 0 saturated heterocycles. The molecule has 5 heteroatoms. The van der Waals surface area contributed by atoms with Crippen LogP contribution in [0.25, 0.3) is 0 Å². The second-order valence-electron chi connectivity index (χ2n) is 3.33. The summed E-state index contributed by atoms with van der Waals surface area (Å²) < 4.78 is 23.5. The monoisotopic (exact) mass is 247 g/mol. The van der Waals surface area contributed by atoms with E-state index < -0.39 is 9.84 Å². The maximum Gasteiger partial charge on any atom is 0.179 e. The molecule has 0 aliphatic carbocycles. The number of hydrogen-bond acceptors (Lipinski definition) is 3. The van der Waals surface area contributed by atoms with Crippen molar-refractivity contribution in [3.63, 3.8) is 0 Å². The van der Waals surface area contributed by atoms with Crippen molar-refractivity contribution in [1.29, 1.82) is 0 Å². The van der Waals surface area contributed by atoms with Gasteiger partial charge < -0.3 is 5.32 Å². The van der Waals surface area contributed by atoms with Crippen LogP contribution in [-0.4, -0.2) is 27.8 Å². The zero-order valence-electron chi connectivity index (χ0n) is 8.75. The van der Waals surface area contributed by atoms with Gasteiger partial charge in [0, 0.05) is 11.6 Å². The molecule has 1 N–H and O–H groups in total. The van der Waals surface area contributed by atoms with Crippen molar-refractivity contribution >= 4 is 21.4 Å². The van der Waals surface area contributed by atoms with Crippen LogP contribution in [0.1, 0.15) is 5.56 Å². The fourth-order valence-electron chi connectivity index (χ4n) is 1.16. The lowest BCUT2D eigenvalue weighted by molar-refractivity contribution is 0.593. The number of nitrogens with one attached hydrogen (secondary N) is 1. The van der Waals surface area contributed by atoms with Gasteiger partial charge in [-0.25, -0.2) is 8.42 Å². The topological polar surface area (TPSA) is 46.2 Å². The van der Waals surface area contributed by atoms with Crippen molar-refractivity contribution in [3.05, 3.63) is 28.8 Å². The fourth-order valence-corrected chi connectivity index (χ4v) is 2.62. The molecule has 0 saturated carbocycles. The third-order valence-corrected chi connectivity index (χ3v) is 4.25. The summed E-state index contributed by atoms with van der Waals surface area (Å²) in [4.78, 5) is 0.333. The van der Waals surface area contributed by atoms with E-state index in [-0.39, 0.29) is 5.75 Å². The Labute approximate surface area is 95.4 Å². The predicted molar refractivity (Wildman–Crippen MR) is 62.2 cm³/mol. The van der Waals surface area contributed by atoms with Crippen LogP contribution < -0.4 is 5.32 Å². The highest BCUT2D eigenvalue weighted by atomic mass is 35.5. The summed E-state index contributed by atoms with van der Waals surface area (Å²) in [6.07, 6.45) is 0. The number of benzene rings is 1. The first kappa shape index (κ1) is 12.5. The Hall–Kier alpha value is -0.580. The van der Waals surface area contributed by atoms with E-state index in [9.17, 15) is 8.42 Å². The largest absolute Gasteiger partial charge is 0.319 e.